The summed E-state index contributed by atoms with van der Waals surface area (Å²) in [6, 6.07) is 24.9. The molecule has 0 fully saturated rings. The summed E-state index contributed by atoms with van der Waals surface area (Å²) in [4.78, 5) is 37.2. The first-order valence-corrected chi connectivity index (χ1v) is 18.0. The van der Waals surface area contributed by atoms with Crippen LogP contribution in [0.3, 0.4) is 0 Å². The van der Waals surface area contributed by atoms with Crippen molar-refractivity contribution >= 4 is 55.6 Å². The Balaban J connectivity index is 1.13. The lowest BCUT2D eigenvalue weighted by Gasteiger charge is -2.08. The molecule has 53 heavy (non-hydrogen) atoms. The summed E-state index contributed by atoms with van der Waals surface area (Å²) in [6.07, 6.45) is 2.85. The summed E-state index contributed by atoms with van der Waals surface area (Å²) in [7, 11) is -8.66. The largest absolute Gasteiger partial charge is 0.379 e. The summed E-state index contributed by atoms with van der Waals surface area (Å²) < 4.78 is 60.8. The molecule has 16 nitrogen and oxygen atoms in total. The summed E-state index contributed by atoms with van der Waals surface area (Å²) in [6.45, 7) is 2.99. The SMILES string of the molecule is Cc1ccc(S(=O)(=O)Oc2ccc(C=NNC(=O)c3ccc(N=Cc4ccc(OS(=O)(=O)c5ccc(C)c([N+](=O)[O-])c5)cc4)cc3)cc2)cc1[N+](=O)[O-]. The first kappa shape index (κ1) is 37.5. The van der Waals surface area contributed by atoms with Crippen LogP contribution in [0.4, 0.5) is 17.1 Å². The molecular weight excluding hydrogens is 731 g/mol. The highest BCUT2D eigenvalue weighted by atomic mass is 32.2. The van der Waals surface area contributed by atoms with Gasteiger partial charge in [0.2, 0.25) is 0 Å². The second kappa shape index (κ2) is 15.6. The molecule has 0 aromatic heterocycles. The molecular formula is C35H27N5O11S2. The van der Waals surface area contributed by atoms with Gasteiger partial charge in [-0.05, 0) is 110 Å². The van der Waals surface area contributed by atoms with Gasteiger partial charge < -0.3 is 8.37 Å². The van der Waals surface area contributed by atoms with Crippen molar-refractivity contribution in [2.75, 3.05) is 0 Å². The second-order valence-corrected chi connectivity index (χ2v) is 14.2. The molecule has 0 saturated heterocycles. The number of nitrogens with zero attached hydrogens (tertiary/aromatic N) is 4. The summed E-state index contributed by atoms with van der Waals surface area (Å²) in [5, 5.41) is 26.3. The zero-order valence-corrected chi connectivity index (χ0v) is 29.3. The van der Waals surface area contributed by atoms with Gasteiger partial charge in [-0.1, -0.05) is 12.1 Å². The van der Waals surface area contributed by atoms with Crippen molar-refractivity contribution in [3.05, 3.63) is 157 Å². The van der Waals surface area contributed by atoms with E-state index in [-0.39, 0.29) is 38.2 Å². The van der Waals surface area contributed by atoms with E-state index in [1.54, 1.807) is 24.3 Å². The fourth-order valence-electron chi connectivity index (χ4n) is 4.53. The Morgan fingerprint density at radius 3 is 1.51 bits per heavy atom. The fourth-order valence-corrected chi connectivity index (χ4v) is 6.43. The Kier molecular flexibility index (Phi) is 11.0. The Morgan fingerprint density at radius 2 is 1.08 bits per heavy atom. The number of hydrogen-bond acceptors (Lipinski definition) is 13. The molecule has 0 aliphatic carbocycles. The van der Waals surface area contributed by atoms with Crippen LogP contribution in [-0.4, -0.2) is 45.0 Å². The predicted molar refractivity (Wildman–Crippen MR) is 193 cm³/mol. The van der Waals surface area contributed by atoms with Gasteiger partial charge in [0, 0.05) is 35.0 Å². The fraction of sp³-hybridized carbons (Fsp3) is 0.0571. The molecule has 5 aromatic rings. The first-order valence-electron chi connectivity index (χ1n) is 15.2. The van der Waals surface area contributed by atoms with E-state index in [0.29, 0.717) is 27.9 Å². The highest BCUT2D eigenvalue weighted by Crippen LogP contribution is 2.27. The van der Waals surface area contributed by atoms with Gasteiger partial charge in [0.25, 0.3) is 17.3 Å². The number of rotatable bonds is 13. The highest BCUT2D eigenvalue weighted by Gasteiger charge is 2.23. The lowest BCUT2D eigenvalue weighted by Crippen LogP contribution is -2.17. The third-order valence-corrected chi connectivity index (χ3v) is 9.86. The number of carbonyl (C=O) groups is 1. The second-order valence-electron chi connectivity index (χ2n) is 11.1. The zero-order chi connectivity index (χ0) is 38.3. The van der Waals surface area contributed by atoms with Crippen molar-refractivity contribution < 1.29 is 39.8 Å². The number of hydrazone groups is 1. The van der Waals surface area contributed by atoms with Crippen molar-refractivity contribution in [1.29, 1.82) is 0 Å². The predicted octanol–water partition coefficient (Wildman–Crippen LogP) is 6.17. The molecule has 270 valence electrons. The lowest BCUT2D eigenvalue weighted by atomic mass is 10.2. The average Bonchev–Trinajstić information content (AvgIpc) is 3.12. The molecule has 0 atom stereocenters. The Labute approximate surface area is 302 Å². The molecule has 0 aliphatic heterocycles. The number of aryl methyl sites for hydroxylation is 2. The van der Waals surface area contributed by atoms with Gasteiger partial charge in [0.1, 0.15) is 21.3 Å². The minimum atomic E-state index is -4.34. The molecule has 5 aromatic carbocycles. The van der Waals surface area contributed by atoms with Crippen LogP contribution >= 0.6 is 0 Å². The Morgan fingerprint density at radius 1 is 0.642 bits per heavy atom. The number of nitro benzene ring substituents is 2. The van der Waals surface area contributed by atoms with Crippen LogP contribution in [-0.2, 0) is 20.2 Å². The van der Waals surface area contributed by atoms with Gasteiger partial charge in [-0.15, -0.1) is 0 Å². The molecule has 0 spiro atoms. The normalized spacial score (nSPS) is 11.7. The van der Waals surface area contributed by atoms with Gasteiger partial charge in [-0.2, -0.15) is 21.9 Å². The van der Waals surface area contributed by atoms with E-state index in [1.165, 1.54) is 99.1 Å². The quantitative estimate of drug-likeness (QED) is 0.0618. The molecule has 0 aliphatic rings. The number of carbonyl (C=O) groups excluding carboxylic acids is 1. The summed E-state index contributed by atoms with van der Waals surface area (Å²) in [5.41, 5.74) is 4.22. The maximum absolute atomic E-state index is 12.7. The van der Waals surface area contributed by atoms with E-state index in [9.17, 15) is 41.9 Å². The van der Waals surface area contributed by atoms with E-state index in [0.717, 1.165) is 12.1 Å². The molecule has 0 heterocycles. The van der Waals surface area contributed by atoms with E-state index >= 15 is 0 Å². The zero-order valence-electron chi connectivity index (χ0n) is 27.6. The molecule has 0 bridgehead atoms. The van der Waals surface area contributed by atoms with Crippen LogP contribution in [0.25, 0.3) is 0 Å². The standard InChI is InChI=1S/C35H27N5O11S2/c1-23-3-17-31(19-33(23)39(42)43)52(46,47)50-29-13-5-25(6-14-29)21-36-28-11-9-27(10-12-28)35(41)38-37-22-26-7-15-30(16-8-26)51-53(48,49)32-18-4-24(2)34(20-32)40(44)45/h3-22H,1-2H3,(H,38,41). The van der Waals surface area contributed by atoms with Gasteiger partial charge in [0.05, 0.1) is 21.7 Å². The van der Waals surface area contributed by atoms with Crippen molar-refractivity contribution in [2.45, 2.75) is 23.6 Å². The molecule has 5 rings (SSSR count). The van der Waals surface area contributed by atoms with Crippen LogP contribution in [0.1, 0.15) is 32.6 Å². The van der Waals surface area contributed by atoms with Gasteiger partial charge in [-0.3, -0.25) is 30.0 Å². The number of amides is 1. The maximum atomic E-state index is 12.7. The van der Waals surface area contributed by atoms with E-state index in [4.69, 9.17) is 8.37 Å². The molecule has 18 heteroatoms. The third kappa shape index (κ3) is 9.51. The van der Waals surface area contributed by atoms with Crippen LogP contribution in [0.5, 0.6) is 11.5 Å². The molecule has 1 N–H and O–H groups in total. The summed E-state index contributed by atoms with van der Waals surface area (Å²) in [5.74, 6) is -0.555. The van der Waals surface area contributed by atoms with Crippen LogP contribution in [0, 0.1) is 34.1 Å². The van der Waals surface area contributed by atoms with Crippen LogP contribution in [0.15, 0.2) is 129 Å². The number of hydrogen-bond donors (Lipinski definition) is 1. The lowest BCUT2D eigenvalue weighted by molar-refractivity contribution is -0.385. The monoisotopic (exact) mass is 757 g/mol. The smallest absolute Gasteiger partial charge is 0.339 e. The van der Waals surface area contributed by atoms with Gasteiger partial charge in [0.15, 0.2) is 0 Å². The number of benzene rings is 5. The highest BCUT2D eigenvalue weighted by molar-refractivity contribution is 7.87. The maximum Gasteiger partial charge on any atom is 0.339 e. The topological polar surface area (TPSA) is 227 Å². The van der Waals surface area contributed by atoms with Crippen molar-refractivity contribution in [3.63, 3.8) is 0 Å². The van der Waals surface area contributed by atoms with Crippen LogP contribution < -0.4 is 13.8 Å². The Hall–Kier alpha value is -6.79. The molecule has 0 saturated carbocycles. The minimum Gasteiger partial charge on any atom is -0.379 e. The number of nitrogens with one attached hydrogen (secondary N) is 1. The number of nitro groups is 2. The third-order valence-electron chi connectivity index (χ3n) is 7.38. The van der Waals surface area contributed by atoms with Crippen molar-refractivity contribution in [2.24, 2.45) is 10.1 Å². The van der Waals surface area contributed by atoms with Crippen molar-refractivity contribution in [3.8, 4) is 11.5 Å². The summed E-state index contributed by atoms with van der Waals surface area (Å²) >= 11 is 0. The van der Waals surface area contributed by atoms with E-state index in [1.807, 2.05) is 0 Å². The number of aliphatic imine (C=N–C) groups is 1. The average molecular weight is 758 g/mol. The van der Waals surface area contributed by atoms with Crippen LogP contribution in [0.2, 0.25) is 0 Å². The molecule has 0 radical (unpaired) electrons. The molecule has 1 amide bonds. The Bertz CT molecular complexity index is 2490. The van der Waals surface area contributed by atoms with Gasteiger partial charge in [-0.25, -0.2) is 5.43 Å². The van der Waals surface area contributed by atoms with Crippen molar-refractivity contribution in [1.82, 2.24) is 5.43 Å². The van der Waals surface area contributed by atoms with Gasteiger partial charge >= 0.3 is 20.2 Å². The minimum absolute atomic E-state index is 0.00426. The molecule has 0 unspecified atom stereocenters. The van der Waals surface area contributed by atoms with E-state index in [2.05, 4.69) is 15.5 Å². The van der Waals surface area contributed by atoms with E-state index < -0.39 is 36.0 Å². The first-order chi connectivity index (χ1) is 25.1.